The van der Waals surface area contributed by atoms with Gasteiger partial charge in [-0.15, -0.1) is 0 Å². The van der Waals surface area contributed by atoms with Gasteiger partial charge in [0.2, 0.25) is 0 Å². The van der Waals surface area contributed by atoms with Crippen molar-refractivity contribution in [1.29, 1.82) is 5.26 Å². The van der Waals surface area contributed by atoms with Crippen LogP contribution in [0.15, 0.2) is 11.8 Å². The third-order valence-corrected chi connectivity index (χ3v) is 4.22. The van der Waals surface area contributed by atoms with Gasteiger partial charge in [0.15, 0.2) is 0 Å². The lowest BCUT2D eigenvalue weighted by molar-refractivity contribution is 1.07. The quantitative estimate of drug-likeness (QED) is 0.432. The Bertz CT molecular complexity index is 134. The first-order valence-electron chi connectivity index (χ1n) is 3.31. The number of hydrogen-bond acceptors (Lipinski definition) is 1. The van der Waals surface area contributed by atoms with E-state index in [1.54, 1.807) is 0 Å². The fourth-order valence-electron chi connectivity index (χ4n) is 0.717. The summed E-state index contributed by atoms with van der Waals surface area (Å²) in [6.45, 7) is 8.01. The predicted molar refractivity (Wildman–Crippen MR) is 42.9 cm³/mol. The van der Waals surface area contributed by atoms with Gasteiger partial charge in [0.05, 0.1) is 14.9 Å². The molecule has 0 N–H and O–H groups in total. The van der Waals surface area contributed by atoms with E-state index in [2.05, 4.69) is 26.1 Å². The third kappa shape index (κ3) is 3.10. The monoisotopic (exact) mass is 139 g/mol. The van der Waals surface area contributed by atoms with Crippen LogP contribution in [0.5, 0.6) is 0 Å². The van der Waals surface area contributed by atoms with Gasteiger partial charge in [-0.3, -0.25) is 0 Å². The second kappa shape index (κ2) is 4.34. The van der Waals surface area contributed by atoms with Gasteiger partial charge in [-0.1, -0.05) is 32.5 Å². The molecule has 1 nitrogen and oxygen atoms in total. The number of hydrogen-bond donors (Lipinski definition) is 0. The van der Waals surface area contributed by atoms with Gasteiger partial charge in [-0.25, -0.2) is 0 Å². The van der Waals surface area contributed by atoms with Crippen molar-refractivity contribution in [3.8, 4) is 6.07 Å². The molecule has 0 amide bonds. The number of rotatable bonds is 3. The van der Waals surface area contributed by atoms with E-state index in [0.717, 1.165) is 5.20 Å². The lowest BCUT2D eigenvalue weighted by atomic mass is 10.6. The molecule has 9 heavy (non-hydrogen) atoms. The molecule has 50 valence electrons. The highest BCUT2D eigenvalue weighted by Gasteiger charge is 2.04. The second-order valence-electron chi connectivity index (χ2n) is 2.33. The second-order valence-corrected chi connectivity index (χ2v) is 5.40. The van der Waals surface area contributed by atoms with E-state index in [1.807, 2.05) is 0 Å². The molecule has 0 aromatic carbocycles. The van der Waals surface area contributed by atoms with Gasteiger partial charge in [0.25, 0.3) is 0 Å². The topological polar surface area (TPSA) is 23.8 Å². The van der Waals surface area contributed by atoms with Gasteiger partial charge in [0.1, 0.15) is 0 Å². The van der Waals surface area contributed by atoms with Crippen molar-refractivity contribution in [2.24, 2.45) is 0 Å². The molecule has 0 aliphatic carbocycles. The van der Waals surface area contributed by atoms with Crippen LogP contribution >= 0.6 is 0 Å². The van der Waals surface area contributed by atoms with E-state index < -0.39 is 8.80 Å². The highest BCUT2D eigenvalue weighted by atomic mass is 28.3. The summed E-state index contributed by atoms with van der Waals surface area (Å²) in [6.07, 6.45) is 1.19. The SMILES string of the molecule is C=C(C#N)[SiH](C)CCC. The molecule has 2 heteroatoms. The van der Waals surface area contributed by atoms with Gasteiger partial charge in [-0.05, 0) is 0 Å². The average Bonchev–Trinajstić information content (AvgIpc) is 1.87. The molecule has 0 saturated carbocycles. The molecule has 1 unspecified atom stereocenters. The van der Waals surface area contributed by atoms with Gasteiger partial charge >= 0.3 is 0 Å². The minimum atomic E-state index is -0.852. The van der Waals surface area contributed by atoms with Crippen molar-refractivity contribution >= 4 is 8.80 Å². The van der Waals surface area contributed by atoms with E-state index >= 15 is 0 Å². The zero-order valence-electron chi connectivity index (χ0n) is 6.15. The van der Waals surface area contributed by atoms with E-state index in [-0.39, 0.29) is 0 Å². The summed E-state index contributed by atoms with van der Waals surface area (Å²) in [5, 5.41) is 9.26. The molecule has 0 spiro atoms. The Morgan fingerprint density at radius 3 is 2.67 bits per heavy atom. The first-order valence-corrected chi connectivity index (χ1v) is 5.86. The van der Waals surface area contributed by atoms with Crippen molar-refractivity contribution in [2.45, 2.75) is 25.9 Å². The maximum absolute atomic E-state index is 8.42. The normalized spacial score (nSPS) is 12.1. The van der Waals surface area contributed by atoms with Gasteiger partial charge < -0.3 is 0 Å². The van der Waals surface area contributed by atoms with Crippen LogP contribution in [0.3, 0.4) is 0 Å². The van der Waals surface area contributed by atoms with Crippen molar-refractivity contribution in [3.05, 3.63) is 11.8 Å². The smallest absolute Gasteiger partial charge is 0.0891 e. The molecule has 0 aliphatic rings. The molecule has 0 rings (SSSR count). The Hall–Kier alpha value is -0.553. The molecule has 1 atom stereocenters. The average molecular weight is 139 g/mol. The Morgan fingerprint density at radius 1 is 1.78 bits per heavy atom. The van der Waals surface area contributed by atoms with Gasteiger partial charge in [-0.2, -0.15) is 5.26 Å². The van der Waals surface area contributed by atoms with E-state index in [9.17, 15) is 0 Å². The fraction of sp³-hybridized carbons (Fsp3) is 0.571. The standard InChI is InChI=1S/C7H13NSi/c1-4-5-9(3)7(2)6-8/h9H,2,4-5H2,1,3H3. The maximum atomic E-state index is 8.42. The molecular formula is C7H13NSi. The highest BCUT2D eigenvalue weighted by molar-refractivity contribution is 6.66. The third-order valence-electron chi connectivity index (χ3n) is 1.46. The van der Waals surface area contributed by atoms with Gasteiger partial charge in [0, 0.05) is 5.20 Å². The van der Waals surface area contributed by atoms with Crippen molar-refractivity contribution < 1.29 is 0 Å². The highest BCUT2D eigenvalue weighted by Crippen LogP contribution is 2.03. The molecule has 0 aromatic rings. The largest absolute Gasteiger partial charge is 0.193 e. The summed E-state index contributed by atoms with van der Waals surface area (Å²) in [7, 11) is -0.852. The zero-order valence-corrected chi connectivity index (χ0v) is 7.30. The summed E-state index contributed by atoms with van der Waals surface area (Å²) >= 11 is 0. The Kier molecular flexibility index (Phi) is 4.07. The van der Waals surface area contributed by atoms with Crippen LogP contribution in [0.25, 0.3) is 0 Å². The van der Waals surface area contributed by atoms with Crippen molar-refractivity contribution in [1.82, 2.24) is 0 Å². The van der Waals surface area contributed by atoms with Crippen molar-refractivity contribution in [2.75, 3.05) is 0 Å². The summed E-state index contributed by atoms with van der Waals surface area (Å²) in [5.41, 5.74) is 0. The summed E-state index contributed by atoms with van der Waals surface area (Å²) in [5.74, 6) is 0. The number of allylic oxidation sites excluding steroid dienone is 1. The molecular weight excluding hydrogens is 126 g/mol. The Labute approximate surface area is 58.6 Å². The first-order chi connectivity index (χ1) is 4.22. The molecule has 0 aromatic heterocycles. The minimum Gasteiger partial charge on any atom is -0.193 e. The molecule has 0 fully saturated rings. The Balaban J connectivity index is 3.62. The van der Waals surface area contributed by atoms with Crippen LogP contribution in [-0.2, 0) is 0 Å². The van der Waals surface area contributed by atoms with Crippen LogP contribution in [-0.4, -0.2) is 8.80 Å². The van der Waals surface area contributed by atoms with E-state index in [1.165, 1.54) is 12.5 Å². The molecule has 0 radical (unpaired) electrons. The molecule has 0 saturated heterocycles. The van der Waals surface area contributed by atoms with Crippen LogP contribution in [0.4, 0.5) is 0 Å². The van der Waals surface area contributed by atoms with E-state index in [0.29, 0.717) is 0 Å². The molecule has 0 heterocycles. The maximum Gasteiger partial charge on any atom is 0.0891 e. The van der Waals surface area contributed by atoms with Crippen LogP contribution < -0.4 is 0 Å². The molecule has 0 aliphatic heterocycles. The summed E-state index contributed by atoms with van der Waals surface area (Å²) in [4.78, 5) is 0. The van der Waals surface area contributed by atoms with E-state index in [4.69, 9.17) is 5.26 Å². The predicted octanol–water partition coefficient (Wildman–Crippen LogP) is 1.87. The molecule has 0 bridgehead atoms. The summed E-state index contributed by atoms with van der Waals surface area (Å²) < 4.78 is 0. The lowest BCUT2D eigenvalue weighted by Crippen LogP contribution is -2.07. The first kappa shape index (κ1) is 8.45. The number of nitrogens with zero attached hydrogens (tertiary/aromatic N) is 1. The van der Waals surface area contributed by atoms with Crippen molar-refractivity contribution in [3.63, 3.8) is 0 Å². The zero-order chi connectivity index (χ0) is 7.28. The Morgan fingerprint density at radius 2 is 2.33 bits per heavy atom. The van der Waals surface area contributed by atoms with Crippen LogP contribution in [0.1, 0.15) is 13.3 Å². The van der Waals surface area contributed by atoms with Crippen LogP contribution in [0, 0.1) is 11.3 Å². The van der Waals surface area contributed by atoms with Crippen LogP contribution in [0.2, 0.25) is 12.6 Å². The summed E-state index contributed by atoms with van der Waals surface area (Å²) in [6, 6.07) is 3.33. The fourth-order valence-corrected chi connectivity index (χ4v) is 2.15. The number of nitriles is 1. The lowest BCUT2D eigenvalue weighted by Gasteiger charge is -2.02. The minimum absolute atomic E-state index is 0.844.